The lowest BCUT2D eigenvalue weighted by Crippen LogP contribution is -2.47. The van der Waals surface area contributed by atoms with Crippen molar-refractivity contribution in [2.24, 2.45) is 11.8 Å². The third kappa shape index (κ3) is 4.46. The first-order valence-corrected chi connectivity index (χ1v) is 8.50. The Labute approximate surface area is 125 Å². The van der Waals surface area contributed by atoms with Crippen molar-refractivity contribution in [3.05, 3.63) is 0 Å². The first-order valence-electron chi connectivity index (χ1n) is 8.50. The van der Waals surface area contributed by atoms with E-state index in [9.17, 15) is 5.26 Å². The highest BCUT2D eigenvalue weighted by atomic mass is 15.1. The van der Waals surface area contributed by atoms with Gasteiger partial charge in [0.2, 0.25) is 0 Å². The van der Waals surface area contributed by atoms with Crippen molar-refractivity contribution in [3.63, 3.8) is 0 Å². The van der Waals surface area contributed by atoms with Crippen LogP contribution in [-0.4, -0.2) is 36.6 Å². The molecule has 1 fully saturated rings. The fourth-order valence-electron chi connectivity index (χ4n) is 3.49. The van der Waals surface area contributed by atoms with E-state index in [1.165, 1.54) is 25.8 Å². The maximum absolute atomic E-state index is 9.60. The van der Waals surface area contributed by atoms with Crippen molar-refractivity contribution in [1.29, 1.82) is 5.26 Å². The second kappa shape index (κ2) is 8.64. The molecule has 1 aliphatic rings. The molecule has 0 aromatic rings. The fourth-order valence-corrected chi connectivity index (χ4v) is 3.49. The van der Waals surface area contributed by atoms with Gasteiger partial charge in [0, 0.05) is 6.54 Å². The van der Waals surface area contributed by atoms with Gasteiger partial charge < -0.3 is 4.90 Å². The van der Waals surface area contributed by atoms with Gasteiger partial charge in [-0.3, -0.25) is 5.32 Å². The van der Waals surface area contributed by atoms with E-state index in [1.54, 1.807) is 0 Å². The van der Waals surface area contributed by atoms with Crippen molar-refractivity contribution < 1.29 is 0 Å². The Morgan fingerprint density at radius 1 is 1.40 bits per heavy atom. The van der Waals surface area contributed by atoms with Gasteiger partial charge in [-0.15, -0.1) is 0 Å². The Balaban J connectivity index is 2.52. The number of rotatable bonds is 9. The molecule has 0 aliphatic heterocycles. The summed E-state index contributed by atoms with van der Waals surface area (Å²) in [6, 6.07) is 2.59. The number of nitriles is 1. The minimum Gasteiger partial charge on any atom is -0.303 e. The van der Waals surface area contributed by atoms with E-state index in [-0.39, 0.29) is 5.54 Å². The van der Waals surface area contributed by atoms with E-state index >= 15 is 0 Å². The van der Waals surface area contributed by atoms with Gasteiger partial charge in [0.05, 0.1) is 6.07 Å². The smallest absolute Gasteiger partial charge is 0.109 e. The first-order chi connectivity index (χ1) is 9.61. The number of nitrogens with one attached hydrogen (secondary N) is 1. The Hall–Kier alpha value is -0.590. The van der Waals surface area contributed by atoms with Crippen LogP contribution in [0.25, 0.3) is 0 Å². The molecule has 0 amide bonds. The molecule has 0 aromatic carbocycles. The molecule has 0 spiro atoms. The van der Waals surface area contributed by atoms with E-state index in [1.807, 2.05) is 0 Å². The summed E-state index contributed by atoms with van der Waals surface area (Å²) < 4.78 is 0. The predicted octanol–water partition coefficient (Wildman–Crippen LogP) is 3.42. The zero-order valence-corrected chi connectivity index (χ0v) is 13.9. The minimum absolute atomic E-state index is 0.246. The molecule has 0 aromatic heterocycles. The maximum atomic E-state index is 9.60. The van der Waals surface area contributed by atoms with Gasteiger partial charge >= 0.3 is 0 Å². The summed E-state index contributed by atoms with van der Waals surface area (Å²) in [5.41, 5.74) is -0.246. The molecule has 1 aliphatic carbocycles. The Kier molecular flexibility index (Phi) is 7.55. The fraction of sp³-hybridized carbons (Fsp3) is 0.941. The van der Waals surface area contributed by atoms with Crippen LogP contribution >= 0.6 is 0 Å². The van der Waals surface area contributed by atoms with Gasteiger partial charge in [-0.05, 0) is 50.7 Å². The number of hydrogen-bond donors (Lipinski definition) is 1. The van der Waals surface area contributed by atoms with Gasteiger partial charge in [-0.25, -0.2) is 0 Å². The molecule has 1 N–H and O–H groups in total. The molecule has 20 heavy (non-hydrogen) atoms. The average Bonchev–Trinajstić information content (AvgIpc) is 2.86. The SMILES string of the molecule is CCNC1(C#N)CCCC1CCN(CC)CC(C)CC. The van der Waals surface area contributed by atoms with Gasteiger partial charge in [-0.1, -0.05) is 40.5 Å². The van der Waals surface area contributed by atoms with Gasteiger partial charge in [0.1, 0.15) is 5.54 Å². The van der Waals surface area contributed by atoms with Gasteiger partial charge in [0.25, 0.3) is 0 Å². The van der Waals surface area contributed by atoms with Crippen molar-refractivity contribution in [2.45, 2.75) is 65.3 Å². The van der Waals surface area contributed by atoms with Crippen LogP contribution in [0.5, 0.6) is 0 Å². The minimum atomic E-state index is -0.246. The van der Waals surface area contributed by atoms with Crippen LogP contribution in [0.15, 0.2) is 0 Å². The monoisotopic (exact) mass is 279 g/mol. The van der Waals surface area contributed by atoms with Crippen LogP contribution in [0.4, 0.5) is 0 Å². The molecule has 3 atom stereocenters. The van der Waals surface area contributed by atoms with Crippen molar-refractivity contribution in [2.75, 3.05) is 26.2 Å². The van der Waals surface area contributed by atoms with Crippen molar-refractivity contribution in [1.82, 2.24) is 10.2 Å². The van der Waals surface area contributed by atoms with E-state index in [0.29, 0.717) is 5.92 Å². The summed E-state index contributed by atoms with van der Waals surface area (Å²) in [6.07, 6.45) is 5.84. The van der Waals surface area contributed by atoms with Crippen LogP contribution in [0.3, 0.4) is 0 Å². The molecular weight excluding hydrogens is 246 g/mol. The molecule has 3 unspecified atom stereocenters. The molecule has 0 heterocycles. The molecule has 116 valence electrons. The summed E-state index contributed by atoms with van der Waals surface area (Å²) in [6.45, 7) is 13.3. The zero-order chi connectivity index (χ0) is 15.0. The third-order valence-electron chi connectivity index (χ3n) is 5.02. The van der Waals surface area contributed by atoms with E-state index < -0.39 is 0 Å². The lowest BCUT2D eigenvalue weighted by Gasteiger charge is -2.32. The summed E-state index contributed by atoms with van der Waals surface area (Å²) in [4.78, 5) is 2.56. The maximum Gasteiger partial charge on any atom is 0.109 e. The molecule has 3 heteroatoms. The summed E-state index contributed by atoms with van der Waals surface area (Å²) >= 11 is 0. The topological polar surface area (TPSA) is 39.1 Å². The average molecular weight is 279 g/mol. The normalized spacial score (nSPS) is 27.7. The zero-order valence-electron chi connectivity index (χ0n) is 13.9. The molecule has 0 bridgehead atoms. The van der Waals surface area contributed by atoms with E-state index in [4.69, 9.17) is 0 Å². The summed E-state index contributed by atoms with van der Waals surface area (Å²) in [7, 11) is 0. The lowest BCUT2D eigenvalue weighted by atomic mass is 9.85. The third-order valence-corrected chi connectivity index (χ3v) is 5.02. The molecule has 0 saturated heterocycles. The number of nitrogens with zero attached hydrogens (tertiary/aromatic N) is 2. The van der Waals surface area contributed by atoms with Gasteiger partial charge in [0.15, 0.2) is 0 Å². The molecular formula is C17H33N3. The van der Waals surface area contributed by atoms with Crippen LogP contribution in [0.1, 0.15) is 59.8 Å². The molecule has 1 saturated carbocycles. The van der Waals surface area contributed by atoms with E-state index in [0.717, 1.165) is 38.4 Å². The Morgan fingerprint density at radius 2 is 2.15 bits per heavy atom. The van der Waals surface area contributed by atoms with Crippen LogP contribution in [-0.2, 0) is 0 Å². The van der Waals surface area contributed by atoms with Crippen LogP contribution in [0.2, 0.25) is 0 Å². The highest BCUT2D eigenvalue weighted by molar-refractivity contribution is 5.14. The second-order valence-electron chi connectivity index (χ2n) is 6.40. The van der Waals surface area contributed by atoms with Crippen molar-refractivity contribution in [3.8, 4) is 6.07 Å². The summed E-state index contributed by atoms with van der Waals surface area (Å²) in [5.74, 6) is 1.30. The van der Waals surface area contributed by atoms with Crippen LogP contribution in [0, 0.1) is 23.2 Å². The molecule has 0 radical (unpaired) electrons. The van der Waals surface area contributed by atoms with Crippen LogP contribution < -0.4 is 5.32 Å². The molecule has 3 nitrogen and oxygen atoms in total. The standard InChI is InChI=1S/C17H33N3/c1-5-15(4)13-20(7-3)12-10-16-9-8-11-17(16,14-18)19-6-2/h15-16,19H,5-13H2,1-4H3. The predicted molar refractivity (Wildman–Crippen MR) is 85.5 cm³/mol. The largest absolute Gasteiger partial charge is 0.303 e. The molecule has 1 rings (SSSR count). The Morgan fingerprint density at radius 3 is 2.70 bits per heavy atom. The second-order valence-corrected chi connectivity index (χ2v) is 6.40. The van der Waals surface area contributed by atoms with E-state index in [2.05, 4.69) is 44.0 Å². The highest BCUT2D eigenvalue weighted by Crippen LogP contribution is 2.37. The number of hydrogen-bond acceptors (Lipinski definition) is 3. The van der Waals surface area contributed by atoms with Gasteiger partial charge in [-0.2, -0.15) is 5.26 Å². The Bertz CT molecular complexity index is 310. The lowest BCUT2D eigenvalue weighted by molar-refractivity contribution is 0.208. The first kappa shape index (κ1) is 17.5. The highest BCUT2D eigenvalue weighted by Gasteiger charge is 2.42. The quantitative estimate of drug-likeness (QED) is 0.703. The summed E-state index contributed by atoms with van der Waals surface area (Å²) in [5, 5.41) is 13.1. The van der Waals surface area contributed by atoms with Crippen molar-refractivity contribution >= 4 is 0 Å².